The van der Waals surface area contributed by atoms with Crippen LogP contribution < -0.4 is 5.32 Å². The summed E-state index contributed by atoms with van der Waals surface area (Å²) in [6.07, 6.45) is 4.14. The van der Waals surface area contributed by atoms with Crippen molar-refractivity contribution in [1.29, 1.82) is 0 Å². The average molecular weight is 288 g/mol. The van der Waals surface area contributed by atoms with Crippen molar-refractivity contribution in [1.82, 2.24) is 10.2 Å². The van der Waals surface area contributed by atoms with Crippen LogP contribution in [0.3, 0.4) is 0 Å². The van der Waals surface area contributed by atoms with E-state index in [1.807, 2.05) is 4.90 Å². The van der Waals surface area contributed by atoms with E-state index in [1.165, 1.54) is 0 Å². The van der Waals surface area contributed by atoms with Crippen molar-refractivity contribution in [3.8, 4) is 0 Å². The highest BCUT2D eigenvalue weighted by Gasteiger charge is 2.35. The van der Waals surface area contributed by atoms with Crippen LogP contribution in [0.15, 0.2) is 0 Å². The van der Waals surface area contributed by atoms with E-state index in [1.54, 1.807) is 0 Å². The molecular formula is C13H24N2O3S. The minimum Gasteiger partial charge on any atom is -0.338 e. The largest absolute Gasteiger partial charge is 0.338 e. The van der Waals surface area contributed by atoms with Crippen molar-refractivity contribution < 1.29 is 13.2 Å². The number of carbonyl (C=O) groups excluding carboxylic acids is 1. The number of hydrogen-bond acceptors (Lipinski definition) is 4. The van der Waals surface area contributed by atoms with Crippen molar-refractivity contribution >= 4 is 15.7 Å². The first-order valence-corrected chi connectivity index (χ1v) is 9.10. The van der Waals surface area contributed by atoms with Gasteiger partial charge in [0.25, 0.3) is 0 Å². The third-order valence-electron chi connectivity index (χ3n) is 4.08. The molecule has 1 atom stereocenters. The second-order valence-electron chi connectivity index (χ2n) is 5.56. The van der Waals surface area contributed by atoms with Gasteiger partial charge >= 0.3 is 0 Å². The van der Waals surface area contributed by atoms with E-state index in [4.69, 9.17) is 0 Å². The molecule has 2 fully saturated rings. The smallest absolute Gasteiger partial charge is 0.239 e. The number of piperidine rings is 1. The predicted octanol–water partition coefficient (Wildman–Crippen LogP) is 0.554. The summed E-state index contributed by atoms with van der Waals surface area (Å²) in [6, 6.07) is 0.0643. The molecule has 2 aliphatic heterocycles. The fourth-order valence-electron chi connectivity index (χ4n) is 2.96. The maximum atomic E-state index is 12.4. The number of nitrogens with one attached hydrogen (secondary N) is 1. The van der Waals surface area contributed by atoms with E-state index < -0.39 is 9.84 Å². The van der Waals surface area contributed by atoms with E-state index in [9.17, 15) is 13.2 Å². The average Bonchev–Trinajstić information content (AvgIpc) is 2.38. The molecule has 0 aromatic heterocycles. The summed E-state index contributed by atoms with van der Waals surface area (Å²) in [5.41, 5.74) is 0. The number of nitrogens with zero attached hydrogens (tertiary/aromatic N) is 1. The summed E-state index contributed by atoms with van der Waals surface area (Å²) in [5, 5.41) is 3.30. The molecule has 0 aromatic carbocycles. The topological polar surface area (TPSA) is 66.5 Å². The first-order chi connectivity index (χ1) is 9.03. The Kier molecular flexibility index (Phi) is 4.84. The monoisotopic (exact) mass is 288 g/mol. The molecule has 19 heavy (non-hydrogen) atoms. The number of hydrogen-bond donors (Lipinski definition) is 1. The Hall–Kier alpha value is -0.620. The summed E-state index contributed by atoms with van der Waals surface area (Å²) in [5.74, 6) is 0.632. The third-order valence-corrected chi connectivity index (χ3v) is 5.79. The third kappa shape index (κ3) is 3.69. The molecule has 1 amide bonds. The Morgan fingerprint density at radius 3 is 2.58 bits per heavy atom. The quantitative estimate of drug-likeness (QED) is 0.820. The highest BCUT2D eigenvalue weighted by molar-refractivity contribution is 7.91. The first kappa shape index (κ1) is 14.8. The van der Waals surface area contributed by atoms with Crippen LogP contribution in [0.1, 0.15) is 39.0 Å². The van der Waals surface area contributed by atoms with Gasteiger partial charge in [-0.15, -0.1) is 0 Å². The van der Waals surface area contributed by atoms with Crippen molar-refractivity contribution in [3.63, 3.8) is 0 Å². The summed E-state index contributed by atoms with van der Waals surface area (Å²) in [7, 11) is -2.85. The van der Waals surface area contributed by atoms with Gasteiger partial charge in [-0.05, 0) is 38.6 Å². The number of sulfone groups is 1. The standard InChI is InChI=1S/C13H24N2O3S/c1-2-7-14-12-4-3-8-15(13(12)16)11-5-9-19(17,18)10-6-11/h11-12,14H,2-10H2,1H3. The molecule has 0 aliphatic carbocycles. The van der Waals surface area contributed by atoms with Crippen LogP contribution in [0, 0.1) is 0 Å². The van der Waals surface area contributed by atoms with Gasteiger partial charge in [-0.2, -0.15) is 0 Å². The lowest BCUT2D eigenvalue weighted by molar-refractivity contribution is -0.138. The Morgan fingerprint density at radius 2 is 1.95 bits per heavy atom. The molecule has 2 heterocycles. The van der Waals surface area contributed by atoms with E-state index in [2.05, 4.69) is 12.2 Å². The molecule has 0 bridgehead atoms. The molecule has 0 aromatic rings. The van der Waals surface area contributed by atoms with E-state index in [-0.39, 0.29) is 29.5 Å². The molecule has 0 saturated carbocycles. The Bertz CT molecular complexity index is 408. The molecule has 1 unspecified atom stereocenters. The fraction of sp³-hybridized carbons (Fsp3) is 0.923. The molecule has 2 rings (SSSR count). The fourth-order valence-corrected chi connectivity index (χ4v) is 4.43. The van der Waals surface area contributed by atoms with Gasteiger partial charge in [0.1, 0.15) is 9.84 Å². The van der Waals surface area contributed by atoms with E-state index in [0.717, 1.165) is 32.4 Å². The van der Waals surface area contributed by atoms with Crippen LogP contribution in [0.5, 0.6) is 0 Å². The van der Waals surface area contributed by atoms with Gasteiger partial charge in [0.05, 0.1) is 17.5 Å². The van der Waals surface area contributed by atoms with Gasteiger partial charge in [-0.25, -0.2) is 8.42 Å². The summed E-state index contributed by atoms with van der Waals surface area (Å²) in [6.45, 7) is 3.74. The SMILES string of the molecule is CCCNC1CCCN(C2CCS(=O)(=O)CC2)C1=O. The van der Waals surface area contributed by atoms with Crippen LogP contribution >= 0.6 is 0 Å². The molecule has 2 aliphatic rings. The van der Waals surface area contributed by atoms with Crippen LogP contribution in [-0.2, 0) is 14.6 Å². The summed E-state index contributed by atoms with van der Waals surface area (Å²) < 4.78 is 22.9. The number of rotatable bonds is 4. The van der Waals surface area contributed by atoms with Crippen LogP contribution in [-0.4, -0.2) is 55.9 Å². The maximum Gasteiger partial charge on any atom is 0.239 e. The van der Waals surface area contributed by atoms with Gasteiger partial charge in [-0.3, -0.25) is 4.79 Å². The van der Waals surface area contributed by atoms with Crippen molar-refractivity contribution in [2.45, 2.75) is 51.1 Å². The van der Waals surface area contributed by atoms with E-state index >= 15 is 0 Å². The van der Waals surface area contributed by atoms with Crippen molar-refractivity contribution in [3.05, 3.63) is 0 Å². The zero-order valence-electron chi connectivity index (χ0n) is 11.6. The highest BCUT2D eigenvalue weighted by atomic mass is 32.2. The van der Waals surface area contributed by atoms with Gasteiger partial charge in [0, 0.05) is 12.6 Å². The molecule has 1 N–H and O–H groups in total. The van der Waals surface area contributed by atoms with Gasteiger partial charge in [0.15, 0.2) is 0 Å². The molecule has 6 heteroatoms. The second kappa shape index (κ2) is 6.22. The zero-order valence-corrected chi connectivity index (χ0v) is 12.4. The molecule has 110 valence electrons. The number of carbonyl (C=O) groups is 1. The van der Waals surface area contributed by atoms with E-state index in [0.29, 0.717) is 12.8 Å². The molecule has 0 spiro atoms. The molecule has 5 nitrogen and oxygen atoms in total. The summed E-state index contributed by atoms with van der Waals surface area (Å²) >= 11 is 0. The lowest BCUT2D eigenvalue weighted by Gasteiger charge is -2.39. The van der Waals surface area contributed by atoms with Crippen LogP contribution in [0.4, 0.5) is 0 Å². The lowest BCUT2D eigenvalue weighted by Crippen LogP contribution is -2.55. The minimum atomic E-state index is -2.85. The van der Waals surface area contributed by atoms with Gasteiger partial charge in [-0.1, -0.05) is 6.92 Å². The molecular weight excluding hydrogens is 264 g/mol. The highest BCUT2D eigenvalue weighted by Crippen LogP contribution is 2.23. The Labute approximate surface area is 115 Å². The van der Waals surface area contributed by atoms with Crippen molar-refractivity contribution in [2.75, 3.05) is 24.6 Å². The Morgan fingerprint density at radius 1 is 1.26 bits per heavy atom. The zero-order chi connectivity index (χ0) is 13.9. The normalized spacial score (nSPS) is 28.6. The Balaban J connectivity index is 1.94. The predicted molar refractivity (Wildman–Crippen MR) is 74.7 cm³/mol. The first-order valence-electron chi connectivity index (χ1n) is 7.28. The number of likely N-dealkylation sites (tertiary alicyclic amines) is 1. The van der Waals surface area contributed by atoms with Gasteiger partial charge in [0.2, 0.25) is 5.91 Å². The van der Waals surface area contributed by atoms with Crippen LogP contribution in [0.25, 0.3) is 0 Å². The second-order valence-corrected chi connectivity index (χ2v) is 7.87. The minimum absolute atomic E-state index is 0.0627. The van der Waals surface area contributed by atoms with Gasteiger partial charge < -0.3 is 10.2 Å². The maximum absolute atomic E-state index is 12.4. The molecule has 2 saturated heterocycles. The summed E-state index contributed by atoms with van der Waals surface area (Å²) in [4.78, 5) is 14.3. The molecule has 0 radical (unpaired) electrons. The van der Waals surface area contributed by atoms with Crippen LogP contribution in [0.2, 0.25) is 0 Å². The van der Waals surface area contributed by atoms with Crippen molar-refractivity contribution in [2.24, 2.45) is 0 Å². The lowest BCUT2D eigenvalue weighted by atomic mass is 10.00. The number of amides is 1.